The Morgan fingerprint density at radius 3 is 1.95 bits per heavy atom. The molecule has 0 amide bonds. The highest BCUT2D eigenvalue weighted by molar-refractivity contribution is 7.47. The van der Waals surface area contributed by atoms with Crippen LogP contribution >= 0.6 is 7.82 Å². The van der Waals surface area contributed by atoms with Crippen LogP contribution in [0.5, 0.6) is 5.75 Å². The summed E-state index contributed by atoms with van der Waals surface area (Å²) in [5, 5.41) is 0. The van der Waals surface area contributed by atoms with E-state index in [2.05, 4.69) is 19.1 Å². The zero-order chi connectivity index (χ0) is 28.0. The van der Waals surface area contributed by atoms with Crippen molar-refractivity contribution in [3.05, 3.63) is 42.0 Å². The number of nitrogens with zero attached hydrogens (tertiary/aromatic N) is 1. The second kappa shape index (κ2) is 21.6. The second-order valence-electron chi connectivity index (χ2n) is 11.3. The van der Waals surface area contributed by atoms with Gasteiger partial charge in [0.2, 0.25) is 0 Å². The highest BCUT2D eigenvalue weighted by atomic mass is 31.2. The van der Waals surface area contributed by atoms with E-state index in [0.29, 0.717) is 24.1 Å². The Bertz CT molecular complexity index is 778. The maximum atomic E-state index is 12.1. The van der Waals surface area contributed by atoms with Gasteiger partial charge in [0.15, 0.2) is 0 Å². The molecule has 0 aliphatic rings. The summed E-state index contributed by atoms with van der Waals surface area (Å²) in [4.78, 5) is 9.89. The number of phosphoric ester groups is 1. The molecule has 6 nitrogen and oxygen atoms in total. The Morgan fingerprint density at radius 1 is 0.763 bits per heavy atom. The molecule has 1 rings (SSSR count). The first-order valence-electron chi connectivity index (χ1n) is 15.0. The summed E-state index contributed by atoms with van der Waals surface area (Å²) in [6, 6.07) is 7.82. The fourth-order valence-electron chi connectivity index (χ4n) is 4.12. The van der Waals surface area contributed by atoms with Crippen LogP contribution in [0.4, 0.5) is 0 Å². The van der Waals surface area contributed by atoms with Gasteiger partial charge in [-0.25, -0.2) is 4.57 Å². The van der Waals surface area contributed by atoms with Crippen molar-refractivity contribution in [2.75, 3.05) is 47.5 Å². The van der Waals surface area contributed by atoms with Crippen molar-refractivity contribution in [2.45, 2.75) is 103 Å². The molecule has 1 aromatic carbocycles. The fourth-order valence-corrected chi connectivity index (χ4v) is 4.83. The molecule has 220 valence electrons. The monoisotopic (exact) mass is 554 g/mol. The first kappa shape index (κ1) is 34.9. The van der Waals surface area contributed by atoms with Crippen LogP contribution in [0.2, 0.25) is 0 Å². The summed E-state index contributed by atoms with van der Waals surface area (Å²) in [7, 11) is 1.96. The number of allylic oxidation sites excluding steroid dienone is 2. The van der Waals surface area contributed by atoms with Crippen molar-refractivity contribution in [1.82, 2.24) is 0 Å². The molecule has 0 aliphatic heterocycles. The Balaban J connectivity index is 2.08. The minimum atomic E-state index is -4.04. The van der Waals surface area contributed by atoms with Gasteiger partial charge < -0.3 is 14.1 Å². The molecule has 0 saturated heterocycles. The predicted octanol–water partition coefficient (Wildman–Crippen LogP) is 8.49. The topological polar surface area (TPSA) is 65.0 Å². The van der Waals surface area contributed by atoms with Crippen molar-refractivity contribution in [3.63, 3.8) is 0 Å². The molecular formula is C31H57NO5P+. The van der Waals surface area contributed by atoms with E-state index >= 15 is 0 Å². The summed E-state index contributed by atoms with van der Waals surface area (Å²) in [5.41, 5.74) is 0.975. The molecular weight excluding hydrogens is 497 g/mol. The van der Waals surface area contributed by atoms with Crippen LogP contribution in [0.15, 0.2) is 36.4 Å². The normalized spacial score (nSPS) is 13.7. The highest BCUT2D eigenvalue weighted by Gasteiger charge is 2.22. The van der Waals surface area contributed by atoms with E-state index in [1.807, 2.05) is 45.4 Å². The van der Waals surface area contributed by atoms with E-state index in [4.69, 9.17) is 13.8 Å². The van der Waals surface area contributed by atoms with Crippen LogP contribution in [0.25, 0.3) is 0 Å². The van der Waals surface area contributed by atoms with E-state index in [9.17, 15) is 9.46 Å². The molecule has 1 unspecified atom stereocenters. The van der Waals surface area contributed by atoms with E-state index in [1.165, 1.54) is 83.5 Å². The first-order chi connectivity index (χ1) is 18.2. The number of para-hydroxylation sites is 1. The third kappa shape index (κ3) is 20.7. The van der Waals surface area contributed by atoms with Crippen molar-refractivity contribution in [3.8, 4) is 5.75 Å². The van der Waals surface area contributed by atoms with Crippen molar-refractivity contribution in [1.29, 1.82) is 0 Å². The van der Waals surface area contributed by atoms with Gasteiger partial charge in [-0.05, 0) is 43.7 Å². The summed E-state index contributed by atoms with van der Waals surface area (Å²) >= 11 is 0. The minimum absolute atomic E-state index is 0.104. The number of likely N-dealkylation sites (N-methyl/N-ethyl adjacent to an activating group) is 1. The van der Waals surface area contributed by atoms with Gasteiger partial charge in [0.25, 0.3) is 0 Å². The summed E-state index contributed by atoms with van der Waals surface area (Å²) in [6.45, 7) is 3.86. The molecule has 0 radical (unpaired) electrons. The fraction of sp³-hybridized carbons (Fsp3) is 0.742. The third-order valence-corrected chi connectivity index (χ3v) is 7.55. The lowest BCUT2D eigenvalue weighted by atomic mass is 10.1. The van der Waals surface area contributed by atoms with Gasteiger partial charge in [-0.1, -0.05) is 95.1 Å². The van der Waals surface area contributed by atoms with Crippen LogP contribution in [0, 0.1) is 0 Å². The molecule has 0 spiro atoms. The maximum absolute atomic E-state index is 12.1. The van der Waals surface area contributed by atoms with Crippen LogP contribution in [0.1, 0.15) is 102 Å². The molecule has 7 heteroatoms. The van der Waals surface area contributed by atoms with E-state index in [1.54, 1.807) is 0 Å². The predicted molar refractivity (Wildman–Crippen MR) is 160 cm³/mol. The van der Waals surface area contributed by atoms with Gasteiger partial charge in [-0.15, -0.1) is 0 Å². The highest BCUT2D eigenvalue weighted by Crippen LogP contribution is 2.43. The standard InChI is InChI=1S/C31H56NO5P/c1-5-6-7-8-9-10-11-12-13-14-15-16-17-18-19-22-27-35-31-24-21-20-23-30(31)25-28-36-38(33,34)37-29-26-32(2,3)4/h12-13,20-21,23-24H,5-11,14-19,22,25-29H2,1-4H3/p+1/b13-12-. The molecule has 1 N–H and O–H groups in total. The summed E-state index contributed by atoms with van der Waals surface area (Å²) in [6.07, 6.45) is 23.3. The van der Waals surface area contributed by atoms with Gasteiger partial charge in [0, 0.05) is 6.42 Å². The number of hydrogen-bond acceptors (Lipinski definition) is 4. The second-order valence-corrected chi connectivity index (χ2v) is 12.7. The zero-order valence-electron chi connectivity index (χ0n) is 24.9. The number of phosphoric acid groups is 1. The lowest BCUT2D eigenvalue weighted by Gasteiger charge is -2.24. The molecule has 0 fully saturated rings. The van der Waals surface area contributed by atoms with Crippen LogP contribution in [-0.4, -0.2) is 56.9 Å². The molecule has 0 aromatic heterocycles. The van der Waals surface area contributed by atoms with Crippen molar-refractivity contribution >= 4 is 7.82 Å². The molecule has 38 heavy (non-hydrogen) atoms. The number of ether oxygens (including phenoxy) is 1. The van der Waals surface area contributed by atoms with Crippen LogP contribution < -0.4 is 4.74 Å². The van der Waals surface area contributed by atoms with Gasteiger partial charge in [0.05, 0.1) is 34.4 Å². The lowest BCUT2D eigenvalue weighted by Crippen LogP contribution is -2.37. The lowest BCUT2D eigenvalue weighted by molar-refractivity contribution is -0.870. The van der Waals surface area contributed by atoms with Gasteiger partial charge >= 0.3 is 7.82 Å². The SMILES string of the molecule is CCCCCCCC/C=C\CCCCCCCCOc1ccccc1CCOP(=O)(O)OCC[N+](C)(C)C. The van der Waals surface area contributed by atoms with Crippen molar-refractivity contribution < 1.29 is 27.7 Å². The molecule has 0 bridgehead atoms. The zero-order valence-corrected chi connectivity index (χ0v) is 25.8. The number of unbranched alkanes of at least 4 members (excludes halogenated alkanes) is 12. The summed E-state index contributed by atoms with van der Waals surface area (Å²) in [5.74, 6) is 0.822. The van der Waals surface area contributed by atoms with E-state index in [-0.39, 0.29) is 13.2 Å². The molecule has 0 saturated carbocycles. The minimum Gasteiger partial charge on any atom is -0.493 e. The van der Waals surface area contributed by atoms with Crippen molar-refractivity contribution in [2.24, 2.45) is 0 Å². The maximum Gasteiger partial charge on any atom is 0.472 e. The quantitative estimate of drug-likeness (QED) is 0.0568. The smallest absolute Gasteiger partial charge is 0.472 e. The molecule has 0 heterocycles. The molecule has 1 aromatic rings. The van der Waals surface area contributed by atoms with Gasteiger partial charge in [0.1, 0.15) is 18.9 Å². The number of hydrogen-bond donors (Lipinski definition) is 1. The number of quaternary nitrogens is 1. The van der Waals surface area contributed by atoms with Gasteiger partial charge in [-0.2, -0.15) is 0 Å². The Labute approximate surface area is 234 Å². The number of rotatable bonds is 25. The van der Waals surface area contributed by atoms with Gasteiger partial charge in [-0.3, -0.25) is 9.05 Å². The Kier molecular flexibility index (Phi) is 19.8. The average molecular weight is 555 g/mol. The van der Waals surface area contributed by atoms with E-state index < -0.39 is 7.82 Å². The largest absolute Gasteiger partial charge is 0.493 e. The average Bonchev–Trinajstić information content (AvgIpc) is 2.85. The van der Waals surface area contributed by atoms with E-state index in [0.717, 1.165) is 17.7 Å². The third-order valence-electron chi connectivity index (χ3n) is 6.53. The van der Waals surface area contributed by atoms with Crippen LogP contribution in [0.3, 0.4) is 0 Å². The molecule has 1 atom stereocenters. The molecule has 0 aliphatic carbocycles. The number of benzene rings is 1. The Morgan fingerprint density at radius 2 is 1.32 bits per heavy atom. The summed E-state index contributed by atoms with van der Waals surface area (Å²) < 4.78 is 29.0. The van der Waals surface area contributed by atoms with Crippen LogP contribution in [-0.2, 0) is 20.0 Å². The Hall–Kier alpha value is -1.17. The first-order valence-corrected chi connectivity index (χ1v) is 16.5.